The van der Waals surface area contributed by atoms with Gasteiger partial charge in [0.05, 0.1) is 24.3 Å². The highest BCUT2D eigenvalue weighted by Crippen LogP contribution is 2.39. The van der Waals surface area contributed by atoms with Crippen LogP contribution in [0.5, 0.6) is 0 Å². The van der Waals surface area contributed by atoms with E-state index in [-0.39, 0.29) is 30.8 Å². The Hall–Kier alpha value is -1.87. The van der Waals surface area contributed by atoms with Gasteiger partial charge in [-0.2, -0.15) is 0 Å². The first-order chi connectivity index (χ1) is 13.4. The molecular formula is C19H23F2NO5S. The zero-order valence-corrected chi connectivity index (χ0v) is 16.3. The number of esters is 1. The van der Waals surface area contributed by atoms with E-state index in [1.165, 1.54) is 11.8 Å². The number of unbranched alkanes of at least 4 members (excludes halogenated alkanes) is 1. The van der Waals surface area contributed by atoms with Gasteiger partial charge in [0.15, 0.2) is 0 Å². The van der Waals surface area contributed by atoms with Crippen molar-refractivity contribution in [3.8, 4) is 0 Å². The van der Waals surface area contributed by atoms with Crippen molar-refractivity contribution in [1.29, 1.82) is 0 Å². The number of benzene rings is 1. The highest BCUT2D eigenvalue weighted by Gasteiger charge is 2.39. The van der Waals surface area contributed by atoms with Crippen LogP contribution in [0.2, 0.25) is 0 Å². The van der Waals surface area contributed by atoms with E-state index in [1.54, 1.807) is 0 Å². The summed E-state index contributed by atoms with van der Waals surface area (Å²) in [6, 6.07) is 2.14. The van der Waals surface area contributed by atoms with E-state index in [2.05, 4.69) is 0 Å². The molecule has 0 aromatic heterocycles. The lowest BCUT2D eigenvalue weighted by molar-refractivity contribution is -0.151. The molecule has 0 unspecified atom stereocenters. The monoisotopic (exact) mass is 415 g/mol. The van der Waals surface area contributed by atoms with Crippen molar-refractivity contribution in [3.05, 3.63) is 29.3 Å². The zero-order valence-electron chi connectivity index (χ0n) is 15.5. The van der Waals surface area contributed by atoms with Crippen LogP contribution in [0, 0.1) is 11.6 Å². The Bertz CT molecular complexity index is 724. The number of carbonyl (C=O) groups is 2. The van der Waals surface area contributed by atoms with E-state index in [4.69, 9.17) is 9.47 Å². The molecule has 2 aliphatic heterocycles. The van der Waals surface area contributed by atoms with E-state index in [9.17, 15) is 23.5 Å². The molecule has 9 heteroatoms. The van der Waals surface area contributed by atoms with Crippen molar-refractivity contribution in [1.82, 2.24) is 0 Å². The van der Waals surface area contributed by atoms with Gasteiger partial charge in [-0.1, -0.05) is 13.3 Å². The lowest BCUT2D eigenvalue weighted by Gasteiger charge is -2.27. The van der Waals surface area contributed by atoms with Gasteiger partial charge >= 0.3 is 12.1 Å². The molecule has 28 heavy (non-hydrogen) atoms. The minimum Gasteiger partial charge on any atom is -0.463 e. The van der Waals surface area contributed by atoms with Crippen molar-refractivity contribution in [2.75, 3.05) is 23.8 Å². The third-order valence-electron chi connectivity index (χ3n) is 4.86. The molecule has 0 saturated carbocycles. The molecule has 1 amide bonds. The summed E-state index contributed by atoms with van der Waals surface area (Å²) in [6.45, 7) is 2.01. The third-order valence-corrected chi connectivity index (χ3v) is 5.91. The number of hydrogen-bond donors (Lipinski definition) is 1. The number of ether oxygens (including phenoxy) is 2. The molecule has 2 fully saturated rings. The quantitative estimate of drug-likeness (QED) is 0.566. The molecular weight excluding hydrogens is 392 g/mol. The fourth-order valence-electron chi connectivity index (χ4n) is 3.36. The van der Waals surface area contributed by atoms with E-state index in [0.717, 1.165) is 23.5 Å². The molecule has 0 aliphatic carbocycles. The van der Waals surface area contributed by atoms with Crippen LogP contribution >= 0.6 is 11.8 Å². The van der Waals surface area contributed by atoms with Crippen molar-refractivity contribution >= 4 is 29.5 Å². The van der Waals surface area contributed by atoms with Crippen molar-refractivity contribution in [3.63, 3.8) is 0 Å². The number of hydrogen-bond acceptors (Lipinski definition) is 6. The number of aliphatic hydroxyl groups is 1. The second-order valence-corrected chi connectivity index (χ2v) is 8.16. The van der Waals surface area contributed by atoms with Crippen LogP contribution in [-0.2, 0) is 14.3 Å². The minimum absolute atomic E-state index is 0.0154. The number of carbonyl (C=O) groups excluding carboxylic acids is 2. The van der Waals surface area contributed by atoms with Gasteiger partial charge < -0.3 is 14.6 Å². The summed E-state index contributed by atoms with van der Waals surface area (Å²) in [5.74, 6) is -2.03. The fraction of sp³-hybridized carbons (Fsp3) is 0.579. The Morgan fingerprint density at radius 2 is 2.11 bits per heavy atom. The Labute approximate surface area is 166 Å². The van der Waals surface area contributed by atoms with E-state index >= 15 is 0 Å². The molecule has 0 bridgehead atoms. The highest BCUT2D eigenvalue weighted by molar-refractivity contribution is 7.99. The zero-order chi connectivity index (χ0) is 20.3. The number of thioether (sulfide) groups is 1. The predicted octanol–water partition coefficient (Wildman–Crippen LogP) is 3.56. The summed E-state index contributed by atoms with van der Waals surface area (Å²) in [4.78, 5) is 25.1. The summed E-state index contributed by atoms with van der Waals surface area (Å²) in [7, 11) is 0. The number of cyclic esters (lactones) is 1. The topological polar surface area (TPSA) is 76.1 Å². The molecule has 154 valence electrons. The Kier molecular flexibility index (Phi) is 6.77. The molecule has 2 aliphatic rings. The molecule has 2 heterocycles. The van der Waals surface area contributed by atoms with Crippen molar-refractivity contribution in [2.45, 2.75) is 50.1 Å². The summed E-state index contributed by atoms with van der Waals surface area (Å²) < 4.78 is 39.4. The van der Waals surface area contributed by atoms with Crippen LogP contribution in [0.1, 0.15) is 44.1 Å². The number of aliphatic hydroxyl groups excluding tert-OH is 1. The second kappa shape index (κ2) is 9.09. The van der Waals surface area contributed by atoms with Crippen LogP contribution in [0.4, 0.5) is 19.3 Å². The van der Waals surface area contributed by atoms with Crippen molar-refractivity contribution < 1.29 is 33.0 Å². The van der Waals surface area contributed by atoms with Crippen LogP contribution in [-0.4, -0.2) is 47.6 Å². The first kappa shape index (κ1) is 20.9. The van der Waals surface area contributed by atoms with Gasteiger partial charge in [0.25, 0.3) is 0 Å². The Morgan fingerprint density at radius 1 is 1.39 bits per heavy atom. The Morgan fingerprint density at radius 3 is 2.75 bits per heavy atom. The van der Waals surface area contributed by atoms with Gasteiger partial charge in [-0.3, -0.25) is 4.90 Å². The minimum atomic E-state index is -1.12. The summed E-state index contributed by atoms with van der Waals surface area (Å²) >= 11 is 1.36. The van der Waals surface area contributed by atoms with Gasteiger partial charge in [-0.05, 0) is 43.1 Å². The maximum Gasteiger partial charge on any atom is 0.415 e. The first-order valence-electron chi connectivity index (χ1n) is 9.34. The van der Waals surface area contributed by atoms with Crippen LogP contribution < -0.4 is 4.90 Å². The summed E-state index contributed by atoms with van der Waals surface area (Å²) in [5.41, 5.74) is -0.741. The van der Waals surface area contributed by atoms with Gasteiger partial charge in [0, 0.05) is 5.56 Å². The summed E-state index contributed by atoms with van der Waals surface area (Å²) in [5, 5.41) is 9.75. The molecule has 2 saturated heterocycles. The highest BCUT2D eigenvalue weighted by atomic mass is 32.2. The first-order valence-corrected chi connectivity index (χ1v) is 10.4. The third kappa shape index (κ3) is 4.57. The normalized spacial score (nSPS) is 24.9. The van der Waals surface area contributed by atoms with Crippen molar-refractivity contribution in [2.24, 2.45) is 0 Å². The maximum atomic E-state index is 14.7. The Balaban J connectivity index is 1.73. The standard InChI is InChI=1S/C19H23F2NO5S/c1-2-3-5-26-18(24)15-10-22(19(25)27-15)12-8-13(20)17(14(21)9-12)11-4-6-28-16(23)7-11/h8-9,11,15-16,23H,2-7,10H2,1H3/t11-,15+,16+/m0/s1. The molecule has 1 aromatic carbocycles. The largest absolute Gasteiger partial charge is 0.463 e. The molecule has 0 spiro atoms. The smallest absolute Gasteiger partial charge is 0.415 e. The molecule has 1 N–H and O–H groups in total. The van der Waals surface area contributed by atoms with Crippen LogP contribution in [0.25, 0.3) is 0 Å². The second-order valence-electron chi connectivity index (χ2n) is 6.87. The van der Waals surface area contributed by atoms with E-state index < -0.39 is 41.2 Å². The number of nitrogens with zero attached hydrogens (tertiary/aromatic N) is 1. The van der Waals surface area contributed by atoms with Gasteiger partial charge in [0.1, 0.15) is 11.6 Å². The number of amides is 1. The number of anilines is 1. The maximum absolute atomic E-state index is 14.7. The van der Waals surface area contributed by atoms with Crippen LogP contribution in [0.15, 0.2) is 12.1 Å². The lowest BCUT2D eigenvalue weighted by Crippen LogP contribution is -2.29. The van der Waals surface area contributed by atoms with Gasteiger partial charge in [-0.15, -0.1) is 11.8 Å². The van der Waals surface area contributed by atoms with E-state index in [0.29, 0.717) is 18.6 Å². The molecule has 0 radical (unpaired) electrons. The lowest BCUT2D eigenvalue weighted by atomic mass is 9.91. The molecule has 1 aromatic rings. The average molecular weight is 415 g/mol. The number of halogens is 2. The fourth-order valence-corrected chi connectivity index (χ4v) is 4.42. The predicted molar refractivity (Wildman–Crippen MR) is 100 cm³/mol. The summed E-state index contributed by atoms with van der Waals surface area (Å²) in [6.07, 6.45) is 0.407. The van der Waals surface area contributed by atoms with Gasteiger partial charge in [-0.25, -0.2) is 18.4 Å². The molecule has 6 nitrogen and oxygen atoms in total. The van der Waals surface area contributed by atoms with E-state index in [1.807, 2.05) is 6.92 Å². The molecule has 3 rings (SSSR count). The van der Waals surface area contributed by atoms with Crippen LogP contribution in [0.3, 0.4) is 0 Å². The van der Waals surface area contributed by atoms with Gasteiger partial charge in [0.2, 0.25) is 6.10 Å². The average Bonchev–Trinajstić information content (AvgIpc) is 3.03. The SMILES string of the molecule is CCCCOC(=O)[C@H]1CN(c2cc(F)c([C@H]3CCS[C@@H](O)C3)c(F)c2)C(=O)O1. The number of rotatable bonds is 6. The molecule has 3 atom stereocenters.